The summed E-state index contributed by atoms with van der Waals surface area (Å²) in [5.41, 5.74) is 9.20. The lowest BCUT2D eigenvalue weighted by Gasteiger charge is -2.16. The number of hydrogen-bond donors (Lipinski definition) is 4. The third-order valence-electron chi connectivity index (χ3n) is 4.12. The number of rotatable bonds is 6. The summed E-state index contributed by atoms with van der Waals surface area (Å²) in [6.45, 7) is 0.446. The van der Waals surface area contributed by atoms with Gasteiger partial charge in [-0.05, 0) is 66.3 Å². The quantitative estimate of drug-likeness (QED) is 0.446. The number of nitrogens with one attached hydrogen (secondary N) is 3. The van der Waals surface area contributed by atoms with Crippen LogP contribution in [0, 0.1) is 0 Å². The Kier molecular flexibility index (Phi) is 7.13. The summed E-state index contributed by atoms with van der Waals surface area (Å²) >= 11 is 11.2. The first kappa shape index (κ1) is 20.7. The van der Waals surface area contributed by atoms with E-state index in [1.54, 1.807) is 48.8 Å². The number of aromatic nitrogens is 1. The van der Waals surface area contributed by atoms with Crippen molar-refractivity contribution in [2.75, 3.05) is 17.2 Å². The maximum Gasteiger partial charge on any atom is 0.255 e. The van der Waals surface area contributed by atoms with E-state index < -0.39 is 0 Å². The second-order valence-corrected chi connectivity index (χ2v) is 7.11. The molecule has 1 aromatic heterocycles. The number of benzene rings is 2. The highest BCUT2D eigenvalue weighted by Crippen LogP contribution is 2.15. The Labute approximate surface area is 179 Å². The van der Waals surface area contributed by atoms with Gasteiger partial charge in [0, 0.05) is 46.9 Å². The fourth-order valence-electron chi connectivity index (χ4n) is 2.55. The SMILES string of the molecule is NC(CNC(=S)Nc1ccc(Cl)cc1)c1ccc(C(=O)Nc2ccncc2)cc1. The van der Waals surface area contributed by atoms with Crippen molar-refractivity contribution in [2.24, 2.45) is 5.73 Å². The van der Waals surface area contributed by atoms with Gasteiger partial charge in [-0.3, -0.25) is 9.78 Å². The van der Waals surface area contributed by atoms with Crippen molar-refractivity contribution in [3.8, 4) is 0 Å². The van der Waals surface area contributed by atoms with Crippen molar-refractivity contribution in [3.63, 3.8) is 0 Å². The van der Waals surface area contributed by atoms with Gasteiger partial charge >= 0.3 is 0 Å². The lowest BCUT2D eigenvalue weighted by Crippen LogP contribution is -2.34. The summed E-state index contributed by atoms with van der Waals surface area (Å²) in [5, 5.41) is 10.1. The number of thiocarbonyl (C=S) groups is 1. The molecule has 1 unspecified atom stereocenters. The van der Waals surface area contributed by atoms with Gasteiger partial charge in [0.1, 0.15) is 0 Å². The lowest BCUT2D eigenvalue weighted by molar-refractivity contribution is 0.102. The minimum atomic E-state index is -0.280. The van der Waals surface area contributed by atoms with Crippen LogP contribution in [-0.2, 0) is 0 Å². The van der Waals surface area contributed by atoms with Gasteiger partial charge in [-0.1, -0.05) is 23.7 Å². The zero-order valence-corrected chi connectivity index (χ0v) is 17.0. The summed E-state index contributed by atoms with van der Waals surface area (Å²) in [7, 11) is 0. The van der Waals surface area contributed by atoms with E-state index in [9.17, 15) is 4.79 Å². The molecule has 0 aliphatic carbocycles. The van der Waals surface area contributed by atoms with Crippen LogP contribution in [0.15, 0.2) is 73.1 Å². The Morgan fingerprint density at radius 1 is 0.966 bits per heavy atom. The molecule has 3 aromatic rings. The van der Waals surface area contributed by atoms with E-state index in [2.05, 4.69) is 20.9 Å². The van der Waals surface area contributed by atoms with E-state index in [1.165, 1.54) is 0 Å². The van der Waals surface area contributed by atoms with Crippen LogP contribution in [0.2, 0.25) is 5.02 Å². The molecule has 0 saturated heterocycles. The van der Waals surface area contributed by atoms with Gasteiger partial charge in [-0.25, -0.2) is 0 Å². The van der Waals surface area contributed by atoms with Crippen LogP contribution in [0.1, 0.15) is 22.0 Å². The van der Waals surface area contributed by atoms with Gasteiger partial charge in [0.2, 0.25) is 0 Å². The second-order valence-electron chi connectivity index (χ2n) is 6.26. The summed E-state index contributed by atoms with van der Waals surface area (Å²) in [6.07, 6.45) is 3.24. The topological polar surface area (TPSA) is 92.1 Å². The molecule has 1 amide bonds. The minimum absolute atomic E-state index is 0.192. The Morgan fingerprint density at radius 3 is 2.24 bits per heavy atom. The molecular weight excluding hydrogens is 406 g/mol. The van der Waals surface area contributed by atoms with Gasteiger partial charge in [-0.15, -0.1) is 0 Å². The van der Waals surface area contributed by atoms with E-state index in [-0.39, 0.29) is 11.9 Å². The van der Waals surface area contributed by atoms with Crippen LogP contribution in [0.3, 0.4) is 0 Å². The predicted molar refractivity (Wildman–Crippen MR) is 121 cm³/mol. The smallest absolute Gasteiger partial charge is 0.255 e. The van der Waals surface area contributed by atoms with E-state index in [1.807, 2.05) is 24.3 Å². The third-order valence-corrected chi connectivity index (χ3v) is 4.62. The molecule has 6 nitrogen and oxygen atoms in total. The highest BCUT2D eigenvalue weighted by atomic mass is 35.5. The molecule has 5 N–H and O–H groups in total. The fourth-order valence-corrected chi connectivity index (χ4v) is 2.88. The average Bonchev–Trinajstić information content (AvgIpc) is 2.74. The first-order chi connectivity index (χ1) is 14.0. The molecule has 0 aliphatic rings. The number of carbonyl (C=O) groups is 1. The molecule has 0 fully saturated rings. The number of hydrogen-bond acceptors (Lipinski definition) is 4. The normalized spacial score (nSPS) is 11.4. The largest absolute Gasteiger partial charge is 0.361 e. The first-order valence-corrected chi connectivity index (χ1v) is 9.67. The molecule has 1 atom stereocenters. The molecule has 0 saturated carbocycles. The van der Waals surface area contributed by atoms with E-state index >= 15 is 0 Å². The van der Waals surface area contributed by atoms with Crippen LogP contribution in [0.5, 0.6) is 0 Å². The van der Waals surface area contributed by atoms with Crippen LogP contribution in [0.25, 0.3) is 0 Å². The number of carbonyl (C=O) groups excluding carboxylic acids is 1. The number of nitrogens with two attached hydrogens (primary N) is 1. The van der Waals surface area contributed by atoms with Gasteiger partial charge in [0.05, 0.1) is 0 Å². The molecule has 3 rings (SSSR count). The van der Waals surface area contributed by atoms with Crippen molar-refractivity contribution in [3.05, 3.63) is 89.2 Å². The maximum absolute atomic E-state index is 12.3. The zero-order chi connectivity index (χ0) is 20.6. The molecule has 2 aromatic carbocycles. The number of amides is 1. The Bertz CT molecular complexity index is 965. The standard InChI is InChI=1S/C21H20ClN5OS/c22-16-5-7-17(8-6-16)27-21(29)25-13-19(23)14-1-3-15(4-2-14)20(28)26-18-9-11-24-12-10-18/h1-12,19H,13,23H2,(H,24,26,28)(H2,25,27,29). The van der Waals surface area contributed by atoms with Gasteiger partial charge in [0.15, 0.2) is 5.11 Å². The van der Waals surface area contributed by atoms with E-state index in [0.717, 1.165) is 11.3 Å². The summed E-state index contributed by atoms with van der Waals surface area (Å²) in [6, 6.07) is 17.6. The summed E-state index contributed by atoms with van der Waals surface area (Å²) < 4.78 is 0. The van der Waals surface area contributed by atoms with Crippen LogP contribution >= 0.6 is 23.8 Å². The van der Waals surface area contributed by atoms with Crippen molar-refractivity contribution in [2.45, 2.75) is 6.04 Å². The van der Waals surface area contributed by atoms with Crippen LogP contribution < -0.4 is 21.7 Å². The van der Waals surface area contributed by atoms with Gasteiger partial charge in [0.25, 0.3) is 5.91 Å². The minimum Gasteiger partial charge on any atom is -0.361 e. The monoisotopic (exact) mass is 425 g/mol. The summed E-state index contributed by atoms with van der Waals surface area (Å²) in [4.78, 5) is 16.2. The maximum atomic E-state index is 12.3. The molecular formula is C21H20ClN5OS. The third kappa shape index (κ3) is 6.25. The molecule has 0 spiro atoms. The highest BCUT2D eigenvalue weighted by Gasteiger charge is 2.10. The molecule has 0 radical (unpaired) electrons. The molecule has 0 aliphatic heterocycles. The first-order valence-electron chi connectivity index (χ1n) is 8.88. The second kappa shape index (κ2) is 9.97. The van der Waals surface area contributed by atoms with Gasteiger partial charge < -0.3 is 21.7 Å². The molecule has 29 heavy (non-hydrogen) atoms. The van der Waals surface area contributed by atoms with Crippen LogP contribution in [0.4, 0.5) is 11.4 Å². The van der Waals surface area contributed by atoms with Crippen LogP contribution in [-0.4, -0.2) is 22.5 Å². The van der Waals surface area contributed by atoms with Crippen molar-refractivity contribution < 1.29 is 4.79 Å². The average molecular weight is 426 g/mol. The molecule has 8 heteroatoms. The number of pyridine rings is 1. The molecule has 0 bridgehead atoms. The summed E-state index contributed by atoms with van der Waals surface area (Å²) in [5.74, 6) is -0.192. The van der Waals surface area contributed by atoms with E-state index in [0.29, 0.717) is 27.9 Å². The van der Waals surface area contributed by atoms with Crippen molar-refractivity contribution >= 4 is 46.2 Å². The Balaban J connectivity index is 1.50. The van der Waals surface area contributed by atoms with E-state index in [4.69, 9.17) is 29.6 Å². The number of nitrogens with zero attached hydrogens (tertiary/aromatic N) is 1. The van der Waals surface area contributed by atoms with Gasteiger partial charge in [-0.2, -0.15) is 0 Å². The number of anilines is 2. The zero-order valence-electron chi connectivity index (χ0n) is 15.4. The predicted octanol–water partition coefficient (Wildman–Crippen LogP) is 3.97. The molecule has 1 heterocycles. The van der Waals surface area contributed by atoms with Crippen molar-refractivity contribution in [1.29, 1.82) is 0 Å². The number of halogens is 1. The highest BCUT2D eigenvalue weighted by molar-refractivity contribution is 7.80. The Hall–Kier alpha value is -3.00. The lowest BCUT2D eigenvalue weighted by atomic mass is 10.1. The fraction of sp³-hybridized carbons (Fsp3) is 0.0952. The Morgan fingerprint density at radius 2 is 1.59 bits per heavy atom. The van der Waals surface area contributed by atoms with Crippen molar-refractivity contribution in [1.82, 2.24) is 10.3 Å². The molecule has 148 valence electrons.